The molecule has 0 aliphatic heterocycles. The molecule has 3 nitrogen and oxygen atoms in total. The molecule has 0 saturated carbocycles. The van der Waals surface area contributed by atoms with Crippen molar-refractivity contribution in [2.75, 3.05) is 0 Å². The molecule has 1 heterocycles. The Kier molecular flexibility index (Phi) is 9.28. The largest absolute Gasteiger partial charge is 0.443 e. The van der Waals surface area contributed by atoms with Gasteiger partial charge in [0.2, 0.25) is 0 Å². The van der Waals surface area contributed by atoms with Crippen molar-refractivity contribution in [2.45, 2.75) is 30.8 Å². The van der Waals surface area contributed by atoms with Crippen LogP contribution in [-0.4, -0.2) is 16.3 Å². The second kappa shape index (κ2) is 12.2. The third kappa shape index (κ3) is 7.55. The Hall–Kier alpha value is -2.43. The van der Waals surface area contributed by atoms with E-state index in [0.29, 0.717) is 0 Å². The minimum Gasteiger partial charge on any atom is -0.443 e. The number of alkyl halides is 1. The quantitative estimate of drug-likeness (QED) is 0.157. The summed E-state index contributed by atoms with van der Waals surface area (Å²) in [6, 6.07) is 36.1. The molecule has 0 saturated heterocycles. The lowest BCUT2D eigenvalue weighted by molar-refractivity contribution is 0.0534. The van der Waals surface area contributed by atoms with Crippen molar-refractivity contribution in [1.29, 1.82) is 0 Å². The standard InChI is InChI=1S/C18H15P.C10H14INO2/c1-4-10-16(11-5-1)19(17-12-6-2-7-13-17)18-14-8-3-9-15-18;1-10(2,3)14-9(13)12-6-4-5-8(12)7-11/h1-15H;4-6H,7H2,1-3H3. The lowest BCUT2D eigenvalue weighted by atomic mass is 10.2. The van der Waals surface area contributed by atoms with Crippen LogP contribution in [-0.2, 0) is 9.16 Å². The molecule has 0 aliphatic rings. The number of rotatable bonds is 4. The van der Waals surface area contributed by atoms with Crippen molar-refractivity contribution in [3.63, 3.8) is 0 Å². The van der Waals surface area contributed by atoms with Crippen LogP contribution < -0.4 is 15.9 Å². The van der Waals surface area contributed by atoms with E-state index in [-0.39, 0.29) is 6.09 Å². The number of nitrogens with zero attached hydrogens (tertiary/aromatic N) is 1. The summed E-state index contributed by atoms with van der Waals surface area (Å²) in [6.07, 6.45) is 1.41. The van der Waals surface area contributed by atoms with Gasteiger partial charge in [0.15, 0.2) is 0 Å². The van der Waals surface area contributed by atoms with Gasteiger partial charge < -0.3 is 4.74 Å². The summed E-state index contributed by atoms with van der Waals surface area (Å²) in [7, 11) is -0.446. The zero-order chi connectivity index (χ0) is 23.7. The second-order valence-corrected chi connectivity index (χ2v) is 11.3. The third-order valence-corrected chi connectivity index (χ3v) is 7.83. The summed E-state index contributed by atoms with van der Waals surface area (Å²) in [4.78, 5) is 11.6. The molecule has 170 valence electrons. The van der Waals surface area contributed by atoms with Crippen molar-refractivity contribution in [3.8, 4) is 0 Å². The normalized spacial score (nSPS) is 10.9. The molecule has 1 aromatic heterocycles. The molecule has 5 heteroatoms. The highest BCUT2D eigenvalue weighted by Crippen LogP contribution is 2.32. The first-order valence-corrected chi connectivity index (χ1v) is 13.7. The van der Waals surface area contributed by atoms with Gasteiger partial charge in [-0.25, -0.2) is 4.79 Å². The minimum atomic E-state index is -0.446. The van der Waals surface area contributed by atoms with Gasteiger partial charge in [-0.2, -0.15) is 0 Å². The average Bonchev–Trinajstić information content (AvgIpc) is 3.30. The Morgan fingerprint density at radius 1 is 0.758 bits per heavy atom. The van der Waals surface area contributed by atoms with Gasteiger partial charge in [-0.1, -0.05) is 114 Å². The van der Waals surface area contributed by atoms with E-state index in [1.165, 1.54) is 20.5 Å². The summed E-state index contributed by atoms with van der Waals surface area (Å²) >= 11 is 2.22. The third-order valence-electron chi connectivity index (χ3n) is 4.60. The Labute approximate surface area is 211 Å². The molecule has 0 unspecified atom stereocenters. The van der Waals surface area contributed by atoms with Crippen LogP contribution in [0.1, 0.15) is 26.5 Å². The number of ether oxygens (including phenoxy) is 1. The summed E-state index contributed by atoms with van der Waals surface area (Å²) in [5.74, 6) is 0. The van der Waals surface area contributed by atoms with E-state index >= 15 is 0 Å². The first-order chi connectivity index (χ1) is 15.9. The van der Waals surface area contributed by atoms with Crippen LogP contribution in [0.5, 0.6) is 0 Å². The maximum Gasteiger partial charge on any atom is 0.418 e. The molecule has 0 spiro atoms. The maximum atomic E-state index is 11.6. The smallest absolute Gasteiger partial charge is 0.418 e. The molecule has 0 radical (unpaired) electrons. The van der Waals surface area contributed by atoms with E-state index in [9.17, 15) is 4.79 Å². The highest BCUT2D eigenvalue weighted by molar-refractivity contribution is 14.1. The van der Waals surface area contributed by atoms with Gasteiger partial charge in [0.1, 0.15) is 5.60 Å². The Balaban J connectivity index is 0.000000196. The lowest BCUT2D eigenvalue weighted by Gasteiger charge is -2.20. The van der Waals surface area contributed by atoms with Crippen molar-refractivity contribution >= 4 is 52.5 Å². The minimum absolute atomic E-state index is 0.311. The molecule has 0 aliphatic carbocycles. The van der Waals surface area contributed by atoms with Crippen molar-refractivity contribution in [3.05, 3.63) is 115 Å². The fourth-order valence-corrected chi connectivity index (χ4v) is 6.12. The number of hydrogen-bond donors (Lipinski definition) is 0. The molecule has 33 heavy (non-hydrogen) atoms. The number of carbonyl (C=O) groups excluding carboxylic acids is 1. The second-order valence-electron chi connectivity index (χ2n) is 8.33. The van der Waals surface area contributed by atoms with Gasteiger partial charge in [-0.05, 0) is 56.7 Å². The fourth-order valence-electron chi connectivity index (χ4n) is 3.19. The van der Waals surface area contributed by atoms with Crippen LogP contribution in [0.25, 0.3) is 0 Å². The number of halogens is 1. The number of aromatic nitrogens is 1. The molecule has 0 amide bonds. The number of benzene rings is 3. The molecular weight excluding hydrogens is 540 g/mol. The van der Waals surface area contributed by atoms with E-state index < -0.39 is 13.5 Å². The number of hydrogen-bond acceptors (Lipinski definition) is 2. The molecule has 0 bridgehead atoms. The lowest BCUT2D eigenvalue weighted by Crippen LogP contribution is -2.27. The maximum absolute atomic E-state index is 11.6. The Morgan fingerprint density at radius 2 is 1.18 bits per heavy atom. The van der Waals surface area contributed by atoms with Gasteiger partial charge in [-0.3, -0.25) is 4.57 Å². The van der Waals surface area contributed by atoms with Crippen molar-refractivity contribution in [2.24, 2.45) is 0 Å². The monoisotopic (exact) mass is 569 g/mol. The van der Waals surface area contributed by atoms with Gasteiger partial charge in [0.25, 0.3) is 0 Å². The Morgan fingerprint density at radius 3 is 1.55 bits per heavy atom. The summed E-state index contributed by atoms with van der Waals surface area (Å²) in [5, 5.41) is 4.19. The van der Waals surface area contributed by atoms with Gasteiger partial charge in [0, 0.05) is 16.3 Å². The van der Waals surface area contributed by atoms with Crippen LogP contribution in [0.4, 0.5) is 4.79 Å². The van der Waals surface area contributed by atoms with Crippen LogP contribution in [0, 0.1) is 0 Å². The zero-order valence-electron chi connectivity index (χ0n) is 19.2. The average molecular weight is 569 g/mol. The van der Waals surface area contributed by atoms with E-state index in [1.807, 2.05) is 32.9 Å². The Bertz CT molecular complexity index is 1030. The molecule has 4 rings (SSSR count). The molecule has 4 aromatic rings. The summed E-state index contributed by atoms with van der Waals surface area (Å²) in [5.41, 5.74) is 0.518. The SMILES string of the molecule is CC(C)(C)OC(=O)n1cccc1CI.c1ccc(P(c2ccccc2)c2ccccc2)cc1. The fraction of sp³-hybridized carbons (Fsp3) is 0.179. The molecule has 0 fully saturated rings. The van der Waals surface area contributed by atoms with Crippen molar-refractivity contribution < 1.29 is 9.53 Å². The van der Waals surface area contributed by atoms with E-state index in [1.54, 1.807) is 6.20 Å². The number of carbonyl (C=O) groups is 1. The molecule has 3 aromatic carbocycles. The van der Waals surface area contributed by atoms with Crippen LogP contribution in [0.3, 0.4) is 0 Å². The van der Waals surface area contributed by atoms with Gasteiger partial charge in [0.05, 0.1) is 0 Å². The van der Waals surface area contributed by atoms with Crippen LogP contribution >= 0.6 is 30.5 Å². The van der Waals surface area contributed by atoms with Crippen LogP contribution in [0.2, 0.25) is 0 Å². The van der Waals surface area contributed by atoms with E-state index in [0.717, 1.165) is 10.1 Å². The first kappa shape index (κ1) is 25.2. The summed E-state index contributed by atoms with van der Waals surface area (Å²) < 4.78 is 7.58. The highest BCUT2D eigenvalue weighted by Gasteiger charge is 2.18. The highest BCUT2D eigenvalue weighted by atomic mass is 127. The predicted molar refractivity (Wildman–Crippen MR) is 149 cm³/mol. The molecule has 0 atom stereocenters. The van der Waals surface area contributed by atoms with Crippen LogP contribution in [0.15, 0.2) is 109 Å². The topological polar surface area (TPSA) is 31.2 Å². The molecular formula is C28H29INO2P. The van der Waals surface area contributed by atoms with Gasteiger partial charge in [-0.15, -0.1) is 0 Å². The van der Waals surface area contributed by atoms with Gasteiger partial charge >= 0.3 is 6.09 Å². The molecule has 0 N–H and O–H groups in total. The summed E-state index contributed by atoms with van der Waals surface area (Å²) in [6.45, 7) is 5.58. The van der Waals surface area contributed by atoms with E-state index in [2.05, 4.69) is 114 Å². The van der Waals surface area contributed by atoms with E-state index in [4.69, 9.17) is 4.74 Å². The van der Waals surface area contributed by atoms with Crippen molar-refractivity contribution in [1.82, 2.24) is 4.57 Å². The zero-order valence-corrected chi connectivity index (χ0v) is 22.2. The first-order valence-electron chi connectivity index (χ1n) is 10.8. The predicted octanol–water partition coefficient (Wildman–Crippen LogP) is 6.65.